The molecule has 1 aromatic carbocycles. The zero-order chi connectivity index (χ0) is 15.0. The van der Waals surface area contributed by atoms with Gasteiger partial charge in [-0.1, -0.05) is 30.0 Å². The van der Waals surface area contributed by atoms with Gasteiger partial charge >= 0.3 is 5.63 Å². The average molecular weight is 303 g/mol. The molecule has 3 rings (SSSR count). The number of amides is 2. The first-order valence-electron chi connectivity index (χ1n) is 6.09. The largest absolute Gasteiger partial charge is 0.422 e. The molecular formula is C14H9NO5S. The minimum Gasteiger partial charge on any atom is -0.422 e. The molecule has 0 bridgehead atoms. The zero-order valence-electron chi connectivity index (χ0n) is 10.7. The topological polar surface area (TPSA) is 84.7 Å². The molecule has 0 atom stereocenters. The van der Waals surface area contributed by atoms with E-state index in [0.29, 0.717) is 11.0 Å². The highest BCUT2D eigenvalue weighted by atomic mass is 32.2. The van der Waals surface area contributed by atoms with Crippen molar-refractivity contribution in [2.24, 2.45) is 0 Å². The van der Waals surface area contributed by atoms with Crippen molar-refractivity contribution in [2.45, 2.75) is 0 Å². The van der Waals surface area contributed by atoms with Crippen LogP contribution in [0.25, 0.3) is 11.0 Å². The molecule has 0 saturated carbocycles. The Bertz CT molecular complexity index is 809. The van der Waals surface area contributed by atoms with Gasteiger partial charge in [-0.2, -0.15) is 0 Å². The Balaban J connectivity index is 1.94. The molecule has 2 aromatic rings. The molecule has 0 aliphatic carbocycles. The molecule has 0 N–H and O–H groups in total. The smallest absolute Gasteiger partial charge is 0.347 e. The molecule has 0 unspecified atom stereocenters. The molecule has 106 valence electrons. The lowest BCUT2D eigenvalue weighted by molar-refractivity contribution is -0.124. The van der Waals surface area contributed by atoms with Crippen LogP contribution in [0.15, 0.2) is 39.5 Å². The lowest BCUT2D eigenvalue weighted by Crippen LogP contribution is -2.35. The molecule has 2 amide bonds. The number of nitrogens with zero attached hydrogens (tertiary/aromatic N) is 1. The van der Waals surface area contributed by atoms with Gasteiger partial charge in [-0.15, -0.1) is 0 Å². The Morgan fingerprint density at radius 2 is 2.00 bits per heavy atom. The van der Waals surface area contributed by atoms with E-state index in [-0.39, 0.29) is 11.3 Å². The molecule has 0 spiro atoms. The summed E-state index contributed by atoms with van der Waals surface area (Å²) in [4.78, 5) is 47.8. The maximum absolute atomic E-state index is 12.1. The molecule has 2 heterocycles. The van der Waals surface area contributed by atoms with Crippen LogP contribution in [0.1, 0.15) is 10.4 Å². The first-order valence-corrected chi connectivity index (χ1v) is 7.08. The third kappa shape index (κ3) is 2.47. The quantitative estimate of drug-likeness (QED) is 0.633. The van der Waals surface area contributed by atoms with Gasteiger partial charge in [-0.25, -0.2) is 4.79 Å². The van der Waals surface area contributed by atoms with E-state index in [1.165, 1.54) is 6.07 Å². The normalized spacial score (nSPS) is 15.0. The van der Waals surface area contributed by atoms with Crippen molar-refractivity contribution in [3.05, 3.63) is 46.3 Å². The van der Waals surface area contributed by atoms with Crippen molar-refractivity contribution in [3.63, 3.8) is 0 Å². The number of imide groups is 1. The molecule has 0 radical (unpaired) electrons. The Kier molecular flexibility index (Phi) is 3.34. The predicted molar refractivity (Wildman–Crippen MR) is 76.4 cm³/mol. The third-order valence-corrected chi connectivity index (χ3v) is 3.94. The van der Waals surface area contributed by atoms with Gasteiger partial charge in [0, 0.05) is 5.39 Å². The van der Waals surface area contributed by atoms with Gasteiger partial charge in [0.25, 0.3) is 5.24 Å². The van der Waals surface area contributed by atoms with Gasteiger partial charge in [0.1, 0.15) is 11.1 Å². The van der Waals surface area contributed by atoms with Crippen LogP contribution in [0.2, 0.25) is 0 Å². The van der Waals surface area contributed by atoms with Crippen LogP contribution in [0.3, 0.4) is 0 Å². The molecule has 21 heavy (non-hydrogen) atoms. The average Bonchev–Trinajstić information content (AvgIpc) is 2.78. The van der Waals surface area contributed by atoms with Crippen LogP contribution in [0.4, 0.5) is 4.79 Å². The first-order chi connectivity index (χ1) is 10.1. The molecule has 1 aliphatic rings. The summed E-state index contributed by atoms with van der Waals surface area (Å²) >= 11 is 0.841. The molecule has 6 nitrogen and oxygen atoms in total. The van der Waals surface area contributed by atoms with E-state index < -0.39 is 29.1 Å². The molecular weight excluding hydrogens is 294 g/mol. The summed E-state index contributed by atoms with van der Waals surface area (Å²) in [6.45, 7) is -0.437. The first kappa shape index (κ1) is 13.6. The summed E-state index contributed by atoms with van der Waals surface area (Å²) in [5, 5.41) is 0.132. The number of fused-ring (bicyclic) bond motifs is 1. The van der Waals surface area contributed by atoms with Crippen molar-refractivity contribution < 1.29 is 18.8 Å². The van der Waals surface area contributed by atoms with Crippen LogP contribution in [0.5, 0.6) is 0 Å². The number of Topliss-reactive ketones (excluding diaryl/α,β-unsaturated/α-hetero) is 1. The summed E-state index contributed by atoms with van der Waals surface area (Å²) in [6.07, 6.45) is 0. The number of hydrogen-bond donors (Lipinski definition) is 0. The monoisotopic (exact) mass is 303 g/mol. The Morgan fingerprint density at radius 3 is 2.71 bits per heavy atom. The predicted octanol–water partition coefficient (Wildman–Crippen LogP) is 1.67. The zero-order valence-corrected chi connectivity index (χ0v) is 11.5. The van der Waals surface area contributed by atoms with E-state index >= 15 is 0 Å². The van der Waals surface area contributed by atoms with Crippen LogP contribution in [-0.4, -0.2) is 34.1 Å². The van der Waals surface area contributed by atoms with Crippen molar-refractivity contribution in [2.75, 3.05) is 12.3 Å². The minimum absolute atomic E-state index is 0.0262. The van der Waals surface area contributed by atoms with Crippen LogP contribution in [-0.2, 0) is 4.79 Å². The summed E-state index contributed by atoms with van der Waals surface area (Å²) in [5.74, 6) is -1.01. The second kappa shape index (κ2) is 5.17. The molecule has 1 aliphatic heterocycles. The Morgan fingerprint density at radius 1 is 1.24 bits per heavy atom. The summed E-state index contributed by atoms with van der Waals surface area (Å²) in [6, 6.07) is 8.21. The number of hydrogen-bond acceptors (Lipinski definition) is 6. The Labute approximate surface area is 122 Å². The molecule has 1 fully saturated rings. The number of thioether (sulfide) groups is 1. The highest BCUT2D eigenvalue weighted by Gasteiger charge is 2.32. The van der Waals surface area contributed by atoms with Gasteiger partial charge in [0.15, 0.2) is 5.78 Å². The fourth-order valence-corrected chi connectivity index (χ4v) is 2.74. The van der Waals surface area contributed by atoms with E-state index in [9.17, 15) is 19.2 Å². The molecule has 1 saturated heterocycles. The van der Waals surface area contributed by atoms with Crippen LogP contribution >= 0.6 is 11.8 Å². The van der Waals surface area contributed by atoms with E-state index in [2.05, 4.69) is 0 Å². The van der Waals surface area contributed by atoms with Gasteiger partial charge in [-0.3, -0.25) is 19.3 Å². The maximum Gasteiger partial charge on any atom is 0.347 e. The highest BCUT2D eigenvalue weighted by molar-refractivity contribution is 8.14. The lowest BCUT2D eigenvalue weighted by atomic mass is 10.1. The number of rotatable bonds is 3. The van der Waals surface area contributed by atoms with Crippen molar-refractivity contribution in [1.29, 1.82) is 0 Å². The van der Waals surface area contributed by atoms with Gasteiger partial charge < -0.3 is 4.42 Å². The van der Waals surface area contributed by atoms with E-state index in [1.807, 2.05) is 0 Å². The standard InChI is InChI=1S/C14H9NO5S/c16-10(6-15-12(17)7-21-14(15)19)9-5-8-3-1-2-4-11(8)20-13(9)18/h1-5H,6-7H2. The SMILES string of the molecule is O=C(CN1C(=O)CSC1=O)c1cc2ccccc2oc1=O. The van der Waals surface area contributed by atoms with Crippen LogP contribution < -0.4 is 5.63 Å². The molecule has 7 heteroatoms. The fourth-order valence-electron chi connectivity index (χ4n) is 2.02. The maximum atomic E-state index is 12.1. The summed E-state index contributed by atoms with van der Waals surface area (Å²) < 4.78 is 5.06. The number of ketones is 1. The lowest BCUT2D eigenvalue weighted by Gasteiger charge is -2.11. The van der Waals surface area contributed by atoms with Gasteiger partial charge in [0.2, 0.25) is 5.91 Å². The van der Waals surface area contributed by atoms with Crippen molar-refractivity contribution in [1.82, 2.24) is 4.90 Å². The molecule has 1 aromatic heterocycles. The highest BCUT2D eigenvalue weighted by Crippen LogP contribution is 2.19. The third-order valence-electron chi connectivity index (χ3n) is 3.08. The van der Waals surface area contributed by atoms with E-state index in [4.69, 9.17) is 4.42 Å². The van der Waals surface area contributed by atoms with Crippen molar-refractivity contribution >= 4 is 39.7 Å². The second-order valence-corrected chi connectivity index (χ2v) is 5.37. The number of benzene rings is 1. The van der Waals surface area contributed by atoms with Gasteiger partial charge in [-0.05, 0) is 12.1 Å². The Hall–Kier alpha value is -2.41. The van der Waals surface area contributed by atoms with E-state index in [1.54, 1.807) is 24.3 Å². The number of para-hydroxylation sites is 1. The summed E-state index contributed by atoms with van der Waals surface area (Å²) in [7, 11) is 0. The fraction of sp³-hybridized carbons (Fsp3) is 0.143. The van der Waals surface area contributed by atoms with E-state index in [0.717, 1.165) is 16.7 Å². The second-order valence-electron chi connectivity index (χ2n) is 4.44. The summed E-state index contributed by atoms with van der Waals surface area (Å²) in [5.41, 5.74) is -0.556. The number of carbonyl (C=O) groups is 3. The minimum atomic E-state index is -0.773. The van der Waals surface area contributed by atoms with Crippen LogP contribution in [0, 0.1) is 0 Å². The van der Waals surface area contributed by atoms with Gasteiger partial charge in [0.05, 0.1) is 12.3 Å². The number of carbonyl (C=O) groups excluding carboxylic acids is 3. The van der Waals surface area contributed by atoms with Crippen molar-refractivity contribution in [3.8, 4) is 0 Å².